The molecule has 0 radical (unpaired) electrons. The zero-order valence-corrected chi connectivity index (χ0v) is 4.65. The molecule has 0 aliphatic heterocycles. The standard InChI is InChI=1S/C5H12N2/c1-2-5(3-6)4-7/h2H,3-4,6-7H2,1H3. The minimum atomic E-state index is 0.590. The monoisotopic (exact) mass is 100 g/mol. The molecule has 0 saturated heterocycles. The van der Waals surface area contributed by atoms with Crippen molar-refractivity contribution in [1.29, 1.82) is 0 Å². The highest BCUT2D eigenvalue weighted by atomic mass is 14.6. The van der Waals surface area contributed by atoms with E-state index in [0.29, 0.717) is 13.1 Å². The summed E-state index contributed by atoms with van der Waals surface area (Å²) in [5.41, 5.74) is 11.6. The quantitative estimate of drug-likeness (QED) is 0.474. The molecule has 0 aliphatic rings. The number of allylic oxidation sites excluding steroid dienone is 1. The van der Waals surface area contributed by atoms with Crippen LogP contribution in [0.25, 0.3) is 0 Å². The Morgan fingerprint density at radius 1 is 1.43 bits per heavy atom. The fourth-order valence-corrected chi connectivity index (χ4v) is 0.319. The first kappa shape index (κ1) is 6.66. The van der Waals surface area contributed by atoms with Gasteiger partial charge in [0.05, 0.1) is 0 Å². The van der Waals surface area contributed by atoms with Crippen LogP contribution in [0.2, 0.25) is 0 Å². The zero-order chi connectivity index (χ0) is 5.70. The van der Waals surface area contributed by atoms with Crippen molar-refractivity contribution in [2.45, 2.75) is 6.92 Å². The Morgan fingerprint density at radius 3 is 1.86 bits per heavy atom. The summed E-state index contributed by atoms with van der Waals surface area (Å²) in [7, 11) is 0. The highest BCUT2D eigenvalue weighted by molar-refractivity contribution is 5.02. The van der Waals surface area contributed by atoms with Gasteiger partial charge in [-0.3, -0.25) is 0 Å². The third-order valence-corrected chi connectivity index (χ3v) is 0.933. The largest absolute Gasteiger partial charge is 0.327 e. The average molecular weight is 100 g/mol. The van der Waals surface area contributed by atoms with Gasteiger partial charge >= 0.3 is 0 Å². The van der Waals surface area contributed by atoms with Crippen molar-refractivity contribution >= 4 is 0 Å². The van der Waals surface area contributed by atoms with Gasteiger partial charge in [-0.05, 0) is 12.5 Å². The SMILES string of the molecule is CC=C(CN)CN. The Morgan fingerprint density at radius 2 is 1.86 bits per heavy atom. The summed E-state index contributed by atoms with van der Waals surface area (Å²) in [6.07, 6.45) is 1.94. The molecule has 7 heavy (non-hydrogen) atoms. The Kier molecular flexibility index (Phi) is 3.65. The van der Waals surface area contributed by atoms with Gasteiger partial charge in [-0.15, -0.1) is 0 Å². The van der Waals surface area contributed by atoms with Crippen LogP contribution in [0.15, 0.2) is 11.6 Å². The normalized spacial score (nSPS) is 8.43. The van der Waals surface area contributed by atoms with Gasteiger partial charge in [0, 0.05) is 13.1 Å². The Balaban J connectivity index is 3.38. The summed E-state index contributed by atoms with van der Waals surface area (Å²) in [6.45, 7) is 3.12. The fourth-order valence-electron chi connectivity index (χ4n) is 0.319. The molecule has 0 heterocycles. The fraction of sp³-hybridized carbons (Fsp3) is 0.600. The molecule has 0 aromatic carbocycles. The molecule has 0 amide bonds. The molecule has 4 N–H and O–H groups in total. The lowest BCUT2D eigenvalue weighted by molar-refractivity contribution is 1.03. The number of nitrogens with two attached hydrogens (primary N) is 2. The lowest BCUT2D eigenvalue weighted by atomic mass is 10.3. The molecule has 2 heteroatoms. The molecule has 0 fully saturated rings. The summed E-state index contributed by atoms with van der Waals surface area (Å²) in [6, 6.07) is 0. The molecule has 0 spiro atoms. The van der Waals surface area contributed by atoms with Gasteiger partial charge in [-0.25, -0.2) is 0 Å². The maximum Gasteiger partial charge on any atom is 0.0149 e. The van der Waals surface area contributed by atoms with Crippen LogP contribution >= 0.6 is 0 Å². The number of hydrogen-bond acceptors (Lipinski definition) is 2. The molecular formula is C5H12N2. The van der Waals surface area contributed by atoms with Gasteiger partial charge in [-0.2, -0.15) is 0 Å². The van der Waals surface area contributed by atoms with Crippen molar-refractivity contribution in [3.63, 3.8) is 0 Å². The van der Waals surface area contributed by atoms with Crippen molar-refractivity contribution in [1.82, 2.24) is 0 Å². The third-order valence-electron chi connectivity index (χ3n) is 0.933. The summed E-state index contributed by atoms with van der Waals surface area (Å²) in [5.74, 6) is 0. The van der Waals surface area contributed by atoms with E-state index < -0.39 is 0 Å². The van der Waals surface area contributed by atoms with E-state index in [1.54, 1.807) is 0 Å². The lowest BCUT2D eigenvalue weighted by Crippen LogP contribution is -2.12. The van der Waals surface area contributed by atoms with Crippen LogP contribution < -0.4 is 11.5 Å². The smallest absolute Gasteiger partial charge is 0.0149 e. The van der Waals surface area contributed by atoms with Gasteiger partial charge in [0.25, 0.3) is 0 Å². The molecule has 2 nitrogen and oxygen atoms in total. The van der Waals surface area contributed by atoms with Crippen LogP contribution in [0.3, 0.4) is 0 Å². The molecule has 0 aromatic heterocycles. The first-order chi connectivity index (χ1) is 3.35. The Hall–Kier alpha value is -0.340. The topological polar surface area (TPSA) is 52.0 Å². The van der Waals surface area contributed by atoms with Gasteiger partial charge < -0.3 is 11.5 Å². The summed E-state index contributed by atoms with van der Waals surface area (Å²) >= 11 is 0. The minimum Gasteiger partial charge on any atom is -0.327 e. The maximum absolute atomic E-state index is 5.25. The molecule has 0 aromatic rings. The second-order valence-electron chi connectivity index (χ2n) is 1.36. The van der Waals surface area contributed by atoms with Gasteiger partial charge in [0.2, 0.25) is 0 Å². The lowest BCUT2D eigenvalue weighted by Gasteiger charge is -1.93. The number of rotatable bonds is 2. The molecule has 0 unspecified atom stereocenters. The summed E-state index contributed by atoms with van der Waals surface area (Å²) < 4.78 is 0. The van der Waals surface area contributed by atoms with Crippen LogP contribution in [0.5, 0.6) is 0 Å². The van der Waals surface area contributed by atoms with Crippen molar-refractivity contribution in [2.24, 2.45) is 11.5 Å². The van der Waals surface area contributed by atoms with Gasteiger partial charge in [-0.1, -0.05) is 6.08 Å². The van der Waals surface area contributed by atoms with Gasteiger partial charge in [0.1, 0.15) is 0 Å². The van der Waals surface area contributed by atoms with E-state index in [2.05, 4.69) is 0 Å². The highest BCUT2D eigenvalue weighted by Crippen LogP contribution is 1.82. The predicted molar refractivity (Wildman–Crippen MR) is 31.9 cm³/mol. The average Bonchev–Trinajstić information content (AvgIpc) is 1.72. The highest BCUT2D eigenvalue weighted by Gasteiger charge is 1.82. The van der Waals surface area contributed by atoms with Crippen LogP contribution in [0, 0.1) is 0 Å². The molecule has 0 aliphatic carbocycles. The van der Waals surface area contributed by atoms with E-state index in [4.69, 9.17) is 11.5 Å². The third kappa shape index (κ3) is 2.37. The van der Waals surface area contributed by atoms with Crippen molar-refractivity contribution in [3.8, 4) is 0 Å². The molecule has 0 rings (SSSR count). The van der Waals surface area contributed by atoms with E-state index in [1.165, 1.54) is 0 Å². The van der Waals surface area contributed by atoms with Crippen molar-refractivity contribution in [2.75, 3.05) is 13.1 Å². The molecule has 0 saturated carbocycles. The van der Waals surface area contributed by atoms with Crippen LogP contribution in [-0.2, 0) is 0 Å². The van der Waals surface area contributed by atoms with E-state index in [-0.39, 0.29) is 0 Å². The summed E-state index contributed by atoms with van der Waals surface area (Å²) in [4.78, 5) is 0. The molecule has 0 bridgehead atoms. The van der Waals surface area contributed by atoms with Crippen LogP contribution in [0.1, 0.15) is 6.92 Å². The second-order valence-corrected chi connectivity index (χ2v) is 1.36. The first-order valence-electron chi connectivity index (χ1n) is 2.39. The maximum atomic E-state index is 5.25. The first-order valence-corrected chi connectivity index (χ1v) is 2.39. The molecule has 42 valence electrons. The predicted octanol–water partition coefficient (Wildman–Crippen LogP) is -0.150. The van der Waals surface area contributed by atoms with Crippen LogP contribution in [0.4, 0.5) is 0 Å². The molecular weight excluding hydrogens is 88.1 g/mol. The Bertz CT molecular complexity index is 60.5. The van der Waals surface area contributed by atoms with E-state index in [1.807, 2.05) is 13.0 Å². The number of hydrogen-bond donors (Lipinski definition) is 2. The van der Waals surface area contributed by atoms with Crippen LogP contribution in [-0.4, -0.2) is 13.1 Å². The van der Waals surface area contributed by atoms with Crippen molar-refractivity contribution < 1.29 is 0 Å². The summed E-state index contributed by atoms with van der Waals surface area (Å²) in [5, 5.41) is 0. The Labute approximate surface area is 44.2 Å². The van der Waals surface area contributed by atoms with Gasteiger partial charge in [0.15, 0.2) is 0 Å². The van der Waals surface area contributed by atoms with E-state index >= 15 is 0 Å². The van der Waals surface area contributed by atoms with Crippen molar-refractivity contribution in [3.05, 3.63) is 11.6 Å². The zero-order valence-electron chi connectivity index (χ0n) is 4.65. The second kappa shape index (κ2) is 3.84. The molecule has 0 atom stereocenters. The van der Waals surface area contributed by atoms with E-state index in [0.717, 1.165) is 5.57 Å². The van der Waals surface area contributed by atoms with E-state index in [9.17, 15) is 0 Å². The minimum absolute atomic E-state index is 0.590.